The number of rotatable bonds is 4. The molecule has 2 aromatic rings. The first-order chi connectivity index (χ1) is 8.13. The average molecular weight is 269 g/mol. The van der Waals surface area contributed by atoms with Crippen LogP contribution >= 0.6 is 23.1 Å². The molecule has 17 heavy (non-hydrogen) atoms. The van der Waals surface area contributed by atoms with Gasteiger partial charge in [0, 0.05) is 5.38 Å². The van der Waals surface area contributed by atoms with Gasteiger partial charge in [0.25, 0.3) is 0 Å². The first kappa shape index (κ1) is 12.1. The number of thioether (sulfide) groups is 1. The zero-order valence-electron chi connectivity index (χ0n) is 9.35. The number of thiazole rings is 1. The number of carbonyl (C=O) groups excluding carboxylic acids is 1. The lowest BCUT2D eigenvalue weighted by Crippen LogP contribution is -2.13. The van der Waals surface area contributed by atoms with Crippen LogP contribution < -0.4 is 5.32 Å². The molecule has 0 atom stereocenters. The Morgan fingerprint density at radius 2 is 2.35 bits per heavy atom. The minimum Gasteiger partial charge on any atom is -0.301 e. The minimum absolute atomic E-state index is 0.105. The van der Waals surface area contributed by atoms with Crippen molar-refractivity contribution in [2.45, 2.75) is 19.0 Å². The Kier molecular flexibility index (Phi) is 3.75. The van der Waals surface area contributed by atoms with Crippen LogP contribution in [0.3, 0.4) is 0 Å². The number of hydrogen-bond acceptors (Lipinski definition) is 6. The van der Waals surface area contributed by atoms with Crippen LogP contribution in [0.1, 0.15) is 11.5 Å². The molecule has 0 aliphatic carbocycles. The van der Waals surface area contributed by atoms with Gasteiger partial charge in [-0.25, -0.2) is 9.97 Å². The molecule has 0 radical (unpaired) electrons. The summed E-state index contributed by atoms with van der Waals surface area (Å²) in [5.74, 6) is 0.908. The van der Waals surface area contributed by atoms with Crippen LogP contribution in [0, 0.1) is 13.8 Å². The van der Waals surface area contributed by atoms with Gasteiger partial charge >= 0.3 is 0 Å². The molecular weight excluding hydrogens is 258 g/mol. The first-order valence-electron chi connectivity index (χ1n) is 4.87. The second kappa shape index (κ2) is 5.28. The van der Waals surface area contributed by atoms with E-state index in [-0.39, 0.29) is 11.7 Å². The van der Waals surface area contributed by atoms with Crippen molar-refractivity contribution in [3.05, 3.63) is 16.9 Å². The largest absolute Gasteiger partial charge is 0.301 e. The Balaban J connectivity index is 1.82. The van der Waals surface area contributed by atoms with E-state index < -0.39 is 0 Å². The molecule has 0 spiro atoms. The fraction of sp³-hybridized carbons (Fsp3) is 0.333. The number of hydrogen-bond donors (Lipinski definition) is 2. The van der Waals surface area contributed by atoms with Crippen molar-refractivity contribution in [3.8, 4) is 0 Å². The van der Waals surface area contributed by atoms with Crippen molar-refractivity contribution in [2.75, 3.05) is 11.1 Å². The van der Waals surface area contributed by atoms with Crippen molar-refractivity contribution in [3.63, 3.8) is 0 Å². The van der Waals surface area contributed by atoms with Gasteiger partial charge in [0.05, 0.1) is 11.4 Å². The second-order valence-corrected chi connectivity index (χ2v) is 5.13. The summed E-state index contributed by atoms with van der Waals surface area (Å²) in [6, 6.07) is 0. The number of anilines is 1. The van der Waals surface area contributed by atoms with Gasteiger partial charge in [-0.1, -0.05) is 11.8 Å². The van der Waals surface area contributed by atoms with Crippen molar-refractivity contribution < 1.29 is 4.79 Å². The fourth-order valence-electron chi connectivity index (χ4n) is 1.08. The van der Waals surface area contributed by atoms with Gasteiger partial charge in [0.15, 0.2) is 5.13 Å². The molecule has 0 aromatic carbocycles. The van der Waals surface area contributed by atoms with Gasteiger partial charge in [-0.3, -0.25) is 9.89 Å². The van der Waals surface area contributed by atoms with E-state index in [1.807, 2.05) is 19.2 Å². The van der Waals surface area contributed by atoms with Gasteiger partial charge in [-0.2, -0.15) is 0 Å². The zero-order chi connectivity index (χ0) is 12.3. The highest BCUT2D eigenvalue weighted by Crippen LogP contribution is 2.16. The van der Waals surface area contributed by atoms with E-state index in [2.05, 4.69) is 25.5 Å². The van der Waals surface area contributed by atoms with Gasteiger partial charge in [-0.15, -0.1) is 16.4 Å². The lowest BCUT2D eigenvalue weighted by Gasteiger charge is -1.98. The molecule has 2 rings (SSSR count). The van der Waals surface area contributed by atoms with E-state index in [1.54, 1.807) is 0 Å². The van der Waals surface area contributed by atoms with E-state index in [4.69, 9.17) is 0 Å². The van der Waals surface area contributed by atoms with Crippen LogP contribution in [0.25, 0.3) is 0 Å². The number of aryl methyl sites for hydroxylation is 2. The molecule has 0 fully saturated rings. The number of H-pyrrole nitrogens is 1. The van der Waals surface area contributed by atoms with Gasteiger partial charge in [0.2, 0.25) is 11.1 Å². The number of nitrogens with zero attached hydrogens (tertiary/aromatic N) is 3. The van der Waals surface area contributed by atoms with Gasteiger partial charge in [0.1, 0.15) is 5.82 Å². The number of carbonyl (C=O) groups is 1. The standard InChI is InChI=1S/C9H11N5OS2/c1-5-3-16-8(10-5)12-7(15)4-17-9-11-6(2)13-14-9/h3H,4H2,1-2H3,(H,10,12,15)(H,11,13,14). The van der Waals surface area contributed by atoms with E-state index in [9.17, 15) is 4.79 Å². The molecule has 8 heteroatoms. The van der Waals surface area contributed by atoms with Gasteiger partial charge in [-0.05, 0) is 13.8 Å². The summed E-state index contributed by atoms with van der Waals surface area (Å²) in [6.07, 6.45) is 0. The van der Waals surface area contributed by atoms with Crippen LogP contribution in [0.15, 0.2) is 10.5 Å². The zero-order valence-corrected chi connectivity index (χ0v) is 11.0. The molecule has 2 N–H and O–H groups in total. The Morgan fingerprint density at radius 1 is 1.53 bits per heavy atom. The normalized spacial score (nSPS) is 10.5. The van der Waals surface area contributed by atoms with Crippen LogP contribution in [0.5, 0.6) is 0 Å². The summed E-state index contributed by atoms with van der Waals surface area (Å²) in [5, 5.41) is 12.5. The Morgan fingerprint density at radius 3 is 2.94 bits per heavy atom. The number of aromatic amines is 1. The summed E-state index contributed by atoms with van der Waals surface area (Å²) in [5.41, 5.74) is 0.905. The van der Waals surface area contributed by atoms with Crippen molar-refractivity contribution in [1.82, 2.24) is 20.2 Å². The maximum atomic E-state index is 11.6. The number of nitrogens with one attached hydrogen (secondary N) is 2. The predicted molar refractivity (Wildman–Crippen MR) is 67.3 cm³/mol. The van der Waals surface area contributed by atoms with Gasteiger partial charge < -0.3 is 5.32 Å². The second-order valence-electron chi connectivity index (χ2n) is 3.33. The molecule has 0 saturated heterocycles. The van der Waals surface area contributed by atoms with Crippen LogP contribution in [0.2, 0.25) is 0 Å². The fourth-order valence-corrected chi connectivity index (χ4v) is 2.43. The molecule has 2 heterocycles. The Hall–Kier alpha value is -1.41. The third-order valence-corrected chi connectivity index (χ3v) is 3.50. The smallest absolute Gasteiger partial charge is 0.236 e. The quantitative estimate of drug-likeness (QED) is 0.824. The summed E-state index contributed by atoms with van der Waals surface area (Å²) < 4.78 is 0. The number of aromatic nitrogens is 4. The number of amides is 1. The third kappa shape index (κ3) is 3.53. The van der Waals surface area contributed by atoms with E-state index in [0.717, 1.165) is 11.5 Å². The highest BCUT2D eigenvalue weighted by atomic mass is 32.2. The molecule has 0 unspecified atom stereocenters. The molecule has 0 bridgehead atoms. The lowest BCUT2D eigenvalue weighted by atomic mass is 10.6. The molecule has 0 aliphatic rings. The summed E-state index contributed by atoms with van der Waals surface area (Å²) >= 11 is 2.70. The molecule has 2 aromatic heterocycles. The minimum atomic E-state index is -0.105. The average Bonchev–Trinajstić information content (AvgIpc) is 2.85. The highest BCUT2D eigenvalue weighted by Gasteiger charge is 2.08. The molecule has 6 nitrogen and oxygen atoms in total. The maximum Gasteiger partial charge on any atom is 0.236 e. The monoisotopic (exact) mass is 269 g/mol. The molecular formula is C9H11N5OS2. The first-order valence-corrected chi connectivity index (χ1v) is 6.74. The SMILES string of the molecule is Cc1csc(NC(=O)CSc2n[nH]c(C)n2)n1. The Bertz CT molecular complexity index is 521. The highest BCUT2D eigenvalue weighted by molar-refractivity contribution is 7.99. The van der Waals surface area contributed by atoms with Crippen LogP contribution in [-0.4, -0.2) is 31.8 Å². The van der Waals surface area contributed by atoms with Crippen LogP contribution in [0.4, 0.5) is 5.13 Å². The maximum absolute atomic E-state index is 11.6. The van der Waals surface area contributed by atoms with E-state index >= 15 is 0 Å². The molecule has 90 valence electrons. The molecule has 0 saturated carbocycles. The topological polar surface area (TPSA) is 83.6 Å². The van der Waals surface area contributed by atoms with Crippen molar-refractivity contribution in [1.29, 1.82) is 0 Å². The summed E-state index contributed by atoms with van der Waals surface area (Å²) in [4.78, 5) is 19.8. The molecule has 1 amide bonds. The van der Waals surface area contributed by atoms with Crippen LogP contribution in [-0.2, 0) is 4.79 Å². The van der Waals surface area contributed by atoms with E-state index in [1.165, 1.54) is 23.1 Å². The predicted octanol–water partition coefficient (Wildman–Crippen LogP) is 1.61. The summed E-state index contributed by atoms with van der Waals surface area (Å²) in [6.45, 7) is 3.70. The Labute approximate surface area is 106 Å². The molecule has 0 aliphatic heterocycles. The lowest BCUT2D eigenvalue weighted by molar-refractivity contribution is -0.113. The van der Waals surface area contributed by atoms with Crippen molar-refractivity contribution in [2.24, 2.45) is 0 Å². The van der Waals surface area contributed by atoms with E-state index in [0.29, 0.717) is 10.3 Å². The van der Waals surface area contributed by atoms with Crippen molar-refractivity contribution >= 4 is 34.1 Å². The summed E-state index contributed by atoms with van der Waals surface area (Å²) in [7, 11) is 0. The third-order valence-electron chi connectivity index (χ3n) is 1.77.